The summed E-state index contributed by atoms with van der Waals surface area (Å²) in [6, 6.07) is 9.92. The van der Waals surface area contributed by atoms with Crippen LogP contribution in [0.4, 0.5) is 4.39 Å². The van der Waals surface area contributed by atoms with Gasteiger partial charge in [-0.15, -0.1) is 0 Å². The molecule has 1 aromatic heterocycles. The fraction of sp³-hybridized carbons (Fsp3) is 0. The Morgan fingerprint density at radius 1 is 1.07 bits per heavy atom. The number of hydrogen-bond donors (Lipinski definition) is 0. The van der Waals surface area contributed by atoms with Crippen molar-refractivity contribution in [3.63, 3.8) is 0 Å². The Balaban J connectivity index is 2.49. The van der Waals surface area contributed by atoms with E-state index in [1.807, 2.05) is 0 Å². The second-order valence-electron chi connectivity index (χ2n) is 3.04. The maximum absolute atomic E-state index is 13.3. The summed E-state index contributed by atoms with van der Waals surface area (Å²) in [5.74, 6) is -0.494. The van der Waals surface area contributed by atoms with E-state index in [2.05, 4.69) is 4.98 Å². The molecule has 0 saturated heterocycles. The topological polar surface area (TPSA) is 36.7 Å². The van der Waals surface area contributed by atoms with Gasteiger partial charge in [-0.25, -0.2) is 4.39 Å². The van der Waals surface area contributed by atoms with Crippen molar-refractivity contribution in [3.8, 4) is 17.2 Å². The molecule has 0 aliphatic heterocycles. The summed E-state index contributed by atoms with van der Waals surface area (Å²) in [6.45, 7) is 0. The fourth-order valence-corrected chi connectivity index (χ4v) is 1.33. The summed E-state index contributed by atoms with van der Waals surface area (Å²) in [5.41, 5.74) is 1.69. The molecule has 0 aliphatic carbocycles. The van der Waals surface area contributed by atoms with E-state index in [1.165, 1.54) is 12.1 Å². The van der Waals surface area contributed by atoms with Crippen LogP contribution in [0.3, 0.4) is 0 Å². The number of nitriles is 1. The van der Waals surface area contributed by atoms with Crippen molar-refractivity contribution in [2.75, 3.05) is 0 Å². The van der Waals surface area contributed by atoms with Crippen LogP contribution in [0.1, 0.15) is 5.56 Å². The van der Waals surface area contributed by atoms with E-state index in [0.29, 0.717) is 0 Å². The highest BCUT2D eigenvalue weighted by atomic mass is 19.1. The molecule has 1 heterocycles. The van der Waals surface area contributed by atoms with Crippen LogP contribution in [0.2, 0.25) is 0 Å². The second-order valence-corrected chi connectivity index (χ2v) is 3.04. The molecule has 0 aliphatic rings. The zero-order valence-electron chi connectivity index (χ0n) is 7.81. The summed E-state index contributed by atoms with van der Waals surface area (Å²) in [4.78, 5) is 3.88. The lowest BCUT2D eigenvalue weighted by atomic mass is 10.1. The highest BCUT2D eigenvalue weighted by Gasteiger charge is 2.03. The van der Waals surface area contributed by atoms with Gasteiger partial charge in [0.25, 0.3) is 0 Å². The molecule has 0 N–H and O–H groups in total. The Morgan fingerprint density at radius 2 is 1.80 bits per heavy atom. The molecular weight excluding hydrogens is 191 g/mol. The maximum Gasteiger partial charge on any atom is 0.141 e. The van der Waals surface area contributed by atoms with E-state index in [0.717, 1.165) is 11.1 Å². The maximum atomic E-state index is 13.3. The van der Waals surface area contributed by atoms with Gasteiger partial charge in [-0.05, 0) is 35.4 Å². The second kappa shape index (κ2) is 3.89. The fourth-order valence-electron chi connectivity index (χ4n) is 1.33. The SMILES string of the molecule is N#Cc1ccc(-c2ccncc2)cc1F. The Bertz CT molecular complexity index is 515. The first-order valence-electron chi connectivity index (χ1n) is 4.41. The molecule has 0 unspecified atom stereocenters. The highest BCUT2D eigenvalue weighted by molar-refractivity contribution is 5.63. The van der Waals surface area contributed by atoms with Gasteiger partial charge in [-0.2, -0.15) is 5.26 Å². The lowest BCUT2D eigenvalue weighted by Gasteiger charge is -2.01. The molecule has 0 radical (unpaired) electrons. The molecule has 2 aromatic rings. The van der Waals surface area contributed by atoms with Gasteiger partial charge in [-0.1, -0.05) is 6.07 Å². The minimum atomic E-state index is -0.494. The first-order valence-corrected chi connectivity index (χ1v) is 4.41. The largest absolute Gasteiger partial charge is 0.265 e. The zero-order chi connectivity index (χ0) is 10.7. The molecule has 0 fully saturated rings. The molecule has 1 aromatic carbocycles. The van der Waals surface area contributed by atoms with Crippen LogP contribution in [0.25, 0.3) is 11.1 Å². The molecule has 0 spiro atoms. The van der Waals surface area contributed by atoms with Crippen molar-refractivity contribution in [2.24, 2.45) is 0 Å². The van der Waals surface area contributed by atoms with Crippen molar-refractivity contribution in [2.45, 2.75) is 0 Å². The highest BCUT2D eigenvalue weighted by Crippen LogP contribution is 2.20. The summed E-state index contributed by atoms with van der Waals surface area (Å²) in [7, 11) is 0. The van der Waals surface area contributed by atoms with Gasteiger partial charge in [0.05, 0.1) is 5.56 Å². The van der Waals surface area contributed by atoms with Crippen LogP contribution >= 0.6 is 0 Å². The number of halogens is 1. The third-order valence-corrected chi connectivity index (χ3v) is 2.10. The predicted molar refractivity (Wildman–Crippen MR) is 54.3 cm³/mol. The Morgan fingerprint density at radius 3 is 2.40 bits per heavy atom. The van der Waals surface area contributed by atoms with Crippen LogP contribution in [0.15, 0.2) is 42.7 Å². The number of aromatic nitrogens is 1. The molecule has 0 atom stereocenters. The molecule has 2 nitrogen and oxygen atoms in total. The van der Waals surface area contributed by atoms with Gasteiger partial charge in [0.2, 0.25) is 0 Å². The number of pyridine rings is 1. The first kappa shape index (κ1) is 9.35. The minimum absolute atomic E-state index is 0.0628. The predicted octanol–water partition coefficient (Wildman–Crippen LogP) is 2.76. The van der Waals surface area contributed by atoms with Crippen molar-refractivity contribution in [1.82, 2.24) is 4.98 Å². The van der Waals surface area contributed by atoms with Crippen LogP contribution in [-0.2, 0) is 0 Å². The number of rotatable bonds is 1. The zero-order valence-corrected chi connectivity index (χ0v) is 7.81. The van der Waals surface area contributed by atoms with Gasteiger partial charge in [0, 0.05) is 12.4 Å². The van der Waals surface area contributed by atoms with Crippen LogP contribution in [0.5, 0.6) is 0 Å². The number of nitrogens with zero attached hydrogens (tertiary/aromatic N) is 2. The first-order chi connectivity index (χ1) is 7.31. The van der Waals surface area contributed by atoms with E-state index in [9.17, 15) is 4.39 Å². The molecule has 15 heavy (non-hydrogen) atoms. The standard InChI is InChI=1S/C12H7FN2/c13-12-7-10(1-2-11(12)8-14)9-3-5-15-6-4-9/h1-7H. The summed E-state index contributed by atoms with van der Waals surface area (Å²) < 4.78 is 13.3. The van der Waals surface area contributed by atoms with Gasteiger partial charge in [-0.3, -0.25) is 4.98 Å². The average molecular weight is 198 g/mol. The molecule has 72 valence electrons. The van der Waals surface area contributed by atoms with E-state index < -0.39 is 5.82 Å². The third-order valence-electron chi connectivity index (χ3n) is 2.10. The summed E-state index contributed by atoms with van der Waals surface area (Å²) in [6.07, 6.45) is 3.29. The van der Waals surface area contributed by atoms with Crippen molar-refractivity contribution < 1.29 is 4.39 Å². The summed E-state index contributed by atoms with van der Waals surface area (Å²) >= 11 is 0. The van der Waals surface area contributed by atoms with Gasteiger partial charge in [0.1, 0.15) is 11.9 Å². The van der Waals surface area contributed by atoms with Crippen LogP contribution in [-0.4, -0.2) is 4.98 Å². The van der Waals surface area contributed by atoms with Crippen molar-refractivity contribution >= 4 is 0 Å². The molecular formula is C12H7FN2. The van der Waals surface area contributed by atoms with Gasteiger partial charge < -0.3 is 0 Å². The average Bonchev–Trinajstić information content (AvgIpc) is 2.30. The quantitative estimate of drug-likeness (QED) is 0.706. The molecule has 2 rings (SSSR count). The van der Waals surface area contributed by atoms with Crippen molar-refractivity contribution in [3.05, 3.63) is 54.1 Å². The van der Waals surface area contributed by atoms with E-state index in [4.69, 9.17) is 5.26 Å². The van der Waals surface area contributed by atoms with E-state index in [-0.39, 0.29) is 5.56 Å². The number of benzene rings is 1. The van der Waals surface area contributed by atoms with E-state index in [1.54, 1.807) is 36.7 Å². The van der Waals surface area contributed by atoms with E-state index >= 15 is 0 Å². The molecule has 3 heteroatoms. The number of hydrogen-bond acceptors (Lipinski definition) is 2. The lowest BCUT2D eigenvalue weighted by molar-refractivity contribution is 0.624. The Hall–Kier alpha value is -2.21. The third kappa shape index (κ3) is 1.84. The molecule has 0 bridgehead atoms. The van der Waals surface area contributed by atoms with Gasteiger partial charge >= 0.3 is 0 Å². The lowest BCUT2D eigenvalue weighted by Crippen LogP contribution is -1.85. The minimum Gasteiger partial charge on any atom is -0.265 e. The van der Waals surface area contributed by atoms with Crippen LogP contribution < -0.4 is 0 Å². The Labute approximate surface area is 86.6 Å². The summed E-state index contributed by atoms with van der Waals surface area (Å²) in [5, 5.41) is 8.58. The van der Waals surface area contributed by atoms with Crippen LogP contribution in [0, 0.1) is 17.1 Å². The van der Waals surface area contributed by atoms with Crippen molar-refractivity contribution in [1.29, 1.82) is 5.26 Å². The smallest absolute Gasteiger partial charge is 0.141 e. The Kier molecular flexibility index (Phi) is 2.42. The van der Waals surface area contributed by atoms with Gasteiger partial charge in [0.15, 0.2) is 0 Å². The normalized spacial score (nSPS) is 9.60. The molecule has 0 amide bonds. The molecule has 0 saturated carbocycles. The monoisotopic (exact) mass is 198 g/mol.